The summed E-state index contributed by atoms with van der Waals surface area (Å²) in [5.41, 5.74) is 0. The van der Waals surface area contributed by atoms with Crippen LogP contribution in [0, 0.1) is 0 Å². The SMILES string of the molecule is CCOCCCC(=O)NCC(OC)C(=O)O. The van der Waals surface area contributed by atoms with E-state index in [1.54, 1.807) is 0 Å². The van der Waals surface area contributed by atoms with Crippen LogP contribution in [0.25, 0.3) is 0 Å². The second kappa shape index (κ2) is 9.11. The third kappa shape index (κ3) is 7.19. The van der Waals surface area contributed by atoms with Gasteiger partial charge < -0.3 is 19.9 Å². The Bertz CT molecular complexity index is 219. The molecule has 0 aliphatic carbocycles. The highest BCUT2D eigenvalue weighted by atomic mass is 16.5. The zero-order chi connectivity index (χ0) is 12.4. The maximum atomic E-state index is 11.2. The average Bonchev–Trinajstić information content (AvgIpc) is 2.25. The Hall–Kier alpha value is -1.14. The number of hydrogen-bond donors (Lipinski definition) is 2. The summed E-state index contributed by atoms with van der Waals surface area (Å²) in [5.74, 6) is -1.28. The predicted octanol–water partition coefficient (Wildman–Crippen LogP) is 0.0189. The zero-order valence-corrected chi connectivity index (χ0v) is 9.69. The van der Waals surface area contributed by atoms with Crippen molar-refractivity contribution in [3.8, 4) is 0 Å². The number of methoxy groups -OCH3 is 1. The molecule has 94 valence electrons. The van der Waals surface area contributed by atoms with Crippen LogP contribution in [0.3, 0.4) is 0 Å². The van der Waals surface area contributed by atoms with Crippen molar-refractivity contribution in [1.29, 1.82) is 0 Å². The maximum Gasteiger partial charge on any atom is 0.334 e. The molecule has 0 aromatic heterocycles. The quantitative estimate of drug-likeness (QED) is 0.548. The number of hydrogen-bond acceptors (Lipinski definition) is 4. The molecule has 0 aliphatic rings. The number of rotatable bonds is 9. The summed E-state index contributed by atoms with van der Waals surface area (Å²) < 4.78 is 9.74. The number of amides is 1. The highest BCUT2D eigenvalue weighted by molar-refractivity contribution is 5.78. The third-order valence-corrected chi connectivity index (χ3v) is 1.94. The average molecular weight is 233 g/mol. The topological polar surface area (TPSA) is 84.9 Å². The van der Waals surface area contributed by atoms with E-state index in [0.717, 1.165) is 0 Å². The fraction of sp³-hybridized carbons (Fsp3) is 0.800. The standard InChI is InChI=1S/C10H19NO5/c1-3-16-6-4-5-9(12)11-7-8(15-2)10(13)14/h8H,3-7H2,1-2H3,(H,11,12)(H,13,14). The Morgan fingerprint density at radius 2 is 2.12 bits per heavy atom. The van der Waals surface area contributed by atoms with Gasteiger partial charge in [-0.1, -0.05) is 0 Å². The van der Waals surface area contributed by atoms with Crippen LogP contribution < -0.4 is 5.32 Å². The summed E-state index contributed by atoms with van der Waals surface area (Å²) in [5, 5.41) is 11.1. The van der Waals surface area contributed by atoms with Crippen LogP contribution in [0.1, 0.15) is 19.8 Å². The Morgan fingerprint density at radius 3 is 2.62 bits per heavy atom. The highest BCUT2D eigenvalue weighted by Gasteiger charge is 2.16. The first kappa shape index (κ1) is 14.9. The predicted molar refractivity (Wildman–Crippen MR) is 57.2 cm³/mol. The summed E-state index contributed by atoms with van der Waals surface area (Å²) in [6, 6.07) is 0. The molecule has 0 aromatic rings. The molecule has 0 bridgehead atoms. The Balaban J connectivity index is 3.59. The lowest BCUT2D eigenvalue weighted by molar-refractivity contribution is -0.148. The molecule has 2 N–H and O–H groups in total. The van der Waals surface area contributed by atoms with E-state index in [0.29, 0.717) is 26.1 Å². The Labute approximate surface area is 94.9 Å². The van der Waals surface area contributed by atoms with Crippen LogP contribution in [-0.4, -0.2) is 50.0 Å². The number of aliphatic carboxylic acids is 1. The van der Waals surface area contributed by atoms with Crippen LogP contribution in [0.4, 0.5) is 0 Å². The van der Waals surface area contributed by atoms with Gasteiger partial charge in [0.05, 0.1) is 6.54 Å². The monoisotopic (exact) mass is 233 g/mol. The third-order valence-electron chi connectivity index (χ3n) is 1.94. The number of ether oxygens (including phenoxy) is 2. The van der Waals surface area contributed by atoms with Gasteiger partial charge in [0, 0.05) is 26.7 Å². The normalized spacial score (nSPS) is 12.1. The van der Waals surface area contributed by atoms with Crippen molar-refractivity contribution in [2.75, 3.05) is 26.9 Å². The minimum atomic E-state index is -1.09. The summed E-state index contributed by atoms with van der Waals surface area (Å²) in [4.78, 5) is 21.8. The molecule has 1 amide bonds. The number of nitrogens with one attached hydrogen (secondary N) is 1. The van der Waals surface area contributed by atoms with Gasteiger partial charge in [-0.3, -0.25) is 4.79 Å². The molecule has 0 aliphatic heterocycles. The highest BCUT2D eigenvalue weighted by Crippen LogP contribution is 1.92. The molecule has 6 heteroatoms. The van der Waals surface area contributed by atoms with E-state index in [9.17, 15) is 9.59 Å². The molecule has 0 rings (SSSR count). The first-order chi connectivity index (χ1) is 7.61. The molecule has 1 unspecified atom stereocenters. The van der Waals surface area contributed by atoms with E-state index in [2.05, 4.69) is 10.1 Å². The second-order valence-electron chi connectivity index (χ2n) is 3.17. The molecule has 0 saturated carbocycles. The van der Waals surface area contributed by atoms with Gasteiger partial charge in [-0.15, -0.1) is 0 Å². The van der Waals surface area contributed by atoms with E-state index in [4.69, 9.17) is 9.84 Å². The van der Waals surface area contributed by atoms with Crippen molar-refractivity contribution in [3.63, 3.8) is 0 Å². The lowest BCUT2D eigenvalue weighted by atomic mass is 10.3. The smallest absolute Gasteiger partial charge is 0.334 e. The minimum absolute atomic E-state index is 0.0146. The lowest BCUT2D eigenvalue weighted by Crippen LogP contribution is -2.37. The summed E-state index contributed by atoms with van der Waals surface area (Å²) in [6.45, 7) is 3.04. The van der Waals surface area contributed by atoms with Crippen molar-refractivity contribution in [2.45, 2.75) is 25.9 Å². The number of carboxylic acid groups (broad SMARTS) is 1. The molecule has 16 heavy (non-hydrogen) atoms. The van der Waals surface area contributed by atoms with Crippen molar-refractivity contribution in [1.82, 2.24) is 5.32 Å². The molecular formula is C10H19NO5. The fourth-order valence-corrected chi connectivity index (χ4v) is 1.05. The van der Waals surface area contributed by atoms with Crippen LogP contribution >= 0.6 is 0 Å². The zero-order valence-electron chi connectivity index (χ0n) is 9.69. The van der Waals surface area contributed by atoms with E-state index in [-0.39, 0.29) is 12.5 Å². The van der Waals surface area contributed by atoms with Crippen molar-refractivity contribution < 1.29 is 24.2 Å². The fourth-order valence-electron chi connectivity index (χ4n) is 1.05. The van der Waals surface area contributed by atoms with Crippen LogP contribution in [0.2, 0.25) is 0 Å². The van der Waals surface area contributed by atoms with Gasteiger partial charge in [0.25, 0.3) is 0 Å². The maximum absolute atomic E-state index is 11.2. The number of carbonyl (C=O) groups is 2. The Kier molecular flexibility index (Phi) is 8.46. The second-order valence-corrected chi connectivity index (χ2v) is 3.17. The molecule has 0 saturated heterocycles. The van der Waals surface area contributed by atoms with Crippen LogP contribution in [-0.2, 0) is 19.1 Å². The van der Waals surface area contributed by atoms with E-state index < -0.39 is 12.1 Å². The lowest BCUT2D eigenvalue weighted by Gasteiger charge is -2.11. The molecular weight excluding hydrogens is 214 g/mol. The van der Waals surface area contributed by atoms with Gasteiger partial charge >= 0.3 is 5.97 Å². The van der Waals surface area contributed by atoms with Crippen molar-refractivity contribution >= 4 is 11.9 Å². The molecule has 0 radical (unpaired) electrons. The summed E-state index contributed by atoms with van der Waals surface area (Å²) in [7, 11) is 1.29. The van der Waals surface area contributed by atoms with E-state index in [1.165, 1.54) is 7.11 Å². The molecule has 0 aromatic carbocycles. The van der Waals surface area contributed by atoms with E-state index >= 15 is 0 Å². The number of carbonyl (C=O) groups excluding carboxylic acids is 1. The van der Waals surface area contributed by atoms with Gasteiger partial charge in [0.1, 0.15) is 0 Å². The van der Waals surface area contributed by atoms with Crippen molar-refractivity contribution in [2.24, 2.45) is 0 Å². The first-order valence-electron chi connectivity index (χ1n) is 5.21. The number of carboxylic acids is 1. The van der Waals surface area contributed by atoms with Gasteiger partial charge in [-0.25, -0.2) is 4.79 Å². The molecule has 6 nitrogen and oxygen atoms in total. The first-order valence-corrected chi connectivity index (χ1v) is 5.21. The van der Waals surface area contributed by atoms with Gasteiger partial charge in [0.15, 0.2) is 6.10 Å². The molecule has 1 atom stereocenters. The molecule has 0 heterocycles. The minimum Gasteiger partial charge on any atom is -0.479 e. The van der Waals surface area contributed by atoms with Gasteiger partial charge in [0.2, 0.25) is 5.91 Å². The van der Waals surface area contributed by atoms with Crippen LogP contribution in [0.5, 0.6) is 0 Å². The molecule has 0 spiro atoms. The largest absolute Gasteiger partial charge is 0.479 e. The van der Waals surface area contributed by atoms with Gasteiger partial charge in [-0.05, 0) is 13.3 Å². The van der Waals surface area contributed by atoms with Gasteiger partial charge in [-0.2, -0.15) is 0 Å². The summed E-state index contributed by atoms with van der Waals surface area (Å²) >= 11 is 0. The summed E-state index contributed by atoms with van der Waals surface area (Å²) in [6.07, 6.45) is -0.0312. The van der Waals surface area contributed by atoms with E-state index in [1.807, 2.05) is 6.92 Å². The van der Waals surface area contributed by atoms with Crippen LogP contribution in [0.15, 0.2) is 0 Å². The molecule has 0 fully saturated rings. The van der Waals surface area contributed by atoms with Crippen molar-refractivity contribution in [3.05, 3.63) is 0 Å². The Morgan fingerprint density at radius 1 is 1.44 bits per heavy atom.